The first kappa shape index (κ1) is 8.50. The molecule has 0 amide bonds. The maximum absolute atomic E-state index is 10.3. The molecule has 0 saturated heterocycles. The van der Waals surface area contributed by atoms with Crippen LogP contribution in [-0.2, 0) is 4.79 Å². The van der Waals surface area contributed by atoms with E-state index in [9.17, 15) is 4.79 Å². The Morgan fingerprint density at radius 1 is 1.73 bits per heavy atom. The molecule has 0 unspecified atom stereocenters. The summed E-state index contributed by atoms with van der Waals surface area (Å²) < 4.78 is 0. The highest BCUT2D eigenvalue weighted by Gasteiger charge is 2.01. The van der Waals surface area contributed by atoms with Gasteiger partial charge in [-0.15, -0.1) is 11.3 Å². The zero-order chi connectivity index (χ0) is 8.27. The molecule has 0 aliphatic carbocycles. The molecule has 0 N–H and O–H groups in total. The van der Waals surface area contributed by atoms with Crippen molar-refractivity contribution in [1.82, 2.24) is 0 Å². The van der Waals surface area contributed by atoms with Crippen molar-refractivity contribution in [2.75, 3.05) is 0 Å². The van der Waals surface area contributed by atoms with E-state index in [1.807, 2.05) is 17.5 Å². The molecule has 0 bridgehead atoms. The van der Waals surface area contributed by atoms with Crippen molar-refractivity contribution in [3.8, 4) is 0 Å². The largest absolute Gasteiger partial charge is 0.298 e. The first-order valence-electron chi connectivity index (χ1n) is 3.11. The summed E-state index contributed by atoms with van der Waals surface area (Å²) in [5.74, 6) is 0. The van der Waals surface area contributed by atoms with E-state index in [1.165, 1.54) is 11.3 Å². The second-order valence-corrected chi connectivity index (χ2v) is 3.42. The quantitative estimate of drug-likeness (QED) is 0.513. The van der Waals surface area contributed by atoms with Gasteiger partial charge in [0.15, 0.2) is 0 Å². The number of carbonyl (C=O) groups is 1. The van der Waals surface area contributed by atoms with Gasteiger partial charge in [0.1, 0.15) is 6.29 Å². The second-order valence-electron chi connectivity index (χ2n) is 2.09. The highest BCUT2D eigenvalue weighted by Crippen LogP contribution is 2.25. The van der Waals surface area contributed by atoms with E-state index in [4.69, 9.17) is 11.6 Å². The molecule has 58 valence electrons. The predicted molar refractivity (Wildman–Crippen MR) is 48.8 cm³/mol. The van der Waals surface area contributed by atoms with Crippen molar-refractivity contribution < 1.29 is 4.79 Å². The first-order valence-corrected chi connectivity index (χ1v) is 4.37. The van der Waals surface area contributed by atoms with Crippen molar-refractivity contribution in [1.29, 1.82) is 0 Å². The Hall–Kier alpha value is -0.600. The number of rotatable bonds is 2. The lowest BCUT2D eigenvalue weighted by atomic mass is 10.3. The SMILES string of the molecule is CC(C=O)=C(Cl)c1cccs1. The van der Waals surface area contributed by atoms with E-state index in [2.05, 4.69) is 0 Å². The number of hydrogen-bond acceptors (Lipinski definition) is 2. The lowest BCUT2D eigenvalue weighted by Gasteiger charge is -1.93. The van der Waals surface area contributed by atoms with E-state index in [-0.39, 0.29) is 0 Å². The summed E-state index contributed by atoms with van der Waals surface area (Å²) in [7, 11) is 0. The fourth-order valence-corrected chi connectivity index (χ4v) is 1.62. The number of hydrogen-bond donors (Lipinski definition) is 0. The summed E-state index contributed by atoms with van der Waals surface area (Å²) in [6, 6.07) is 3.79. The molecule has 0 saturated carbocycles. The van der Waals surface area contributed by atoms with Gasteiger partial charge in [0.05, 0.1) is 5.03 Å². The zero-order valence-corrected chi connectivity index (χ0v) is 7.58. The van der Waals surface area contributed by atoms with Crippen molar-refractivity contribution in [3.05, 3.63) is 28.0 Å². The highest BCUT2D eigenvalue weighted by atomic mass is 35.5. The molecule has 0 radical (unpaired) electrons. The Bertz CT molecular complexity index is 274. The van der Waals surface area contributed by atoms with Gasteiger partial charge in [0, 0.05) is 10.5 Å². The summed E-state index contributed by atoms with van der Waals surface area (Å²) in [6.07, 6.45) is 0.766. The van der Waals surface area contributed by atoms with Crippen LogP contribution >= 0.6 is 22.9 Å². The van der Waals surface area contributed by atoms with Gasteiger partial charge in [0.25, 0.3) is 0 Å². The third-order valence-corrected chi connectivity index (χ3v) is 2.76. The van der Waals surface area contributed by atoms with Crippen molar-refractivity contribution >= 4 is 34.3 Å². The summed E-state index contributed by atoms with van der Waals surface area (Å²) in [4.78, 5) is 11.2. The summed E-state index contributed by atoms with van der Waals surface area (Å²) in [5.41, 5.74) is 0.578. The van der Waals surface area contributed by atoms with Crippen LogP contribution in [0.5, 0.6) is 0 Å². The van der Waals surface area contributed by atoms with Crippen LogP contribution in [0.3, 0.4) is 0 Å². The topological polar surface area (TPSA) is 17.1 Å². The van der Waals surface area contributed by atoms with E-state index >= 15 is 0 Å². The monoisotopic (exact) mass is 186 g/mol. The van der Waals surface area contributed by atoms with Gasteiger partial charge in [0.2, 0.25) is 0 Å². The van der Waals surface area contributed by atoms with Crippen LogP contribution in [0, 0.1) is 0 Å². The molecule has 1 aromatic rings. The van der Waals surface area contributed by atoms with Crippen LogP contribution in [-0.4, -0.2) is 6.29 Å². The smallest absolute Gasteiger partial charge is 0.147 e. The fraction of sp³-hybridized carbons (Fsp3) is 0.125. The molecule has 1 rings (SSSR count). The molecule has 1 aromatic heterocycles. The molecule has 1 nitrogen and oxygen atoms in total. The molecule has 3 heteroatoms. The molecular weight excluding hydrogens is 180 g/mol. The maximum Gasteiger partial charge on any atom is 0.147 e. The minimum atomic E-state index is 0.551. The third kappa shape index (κ3) is 1.91. The lowest BCUT2D eigenvalue weighted by molar-refractivity contribution is -0.104. The molecular formula is C8H7ClOS. The number of allylic oxidation sites excluding steroid dienone is 1. The van der Waals surface area contributed by atoms with Crippen molar-refractivity contribution in [3.63, 3.8) is 0 Å². The molecule has 0 fully saturated rings. The van der Waals surface area contributed by atoms with E-state index in [0.29, 0.717) is 10.6 Å². The summed E-state index contributed by atoms with van der Waals surface area (Å²) in [6.45, 7) is 1.70. The van der Waals surface area contributed by atoms with Crippen LogP contribution in [0.25, 0.3) is 5.03 Å². The van der Waals surface area contributed by atoms with Crippen molar-refractivity contribution in [2.24, 2.45) is 0 Å². The van der Waals surface area contributed by atoms with Crippen molar-refractivity contribution in [2.45, 2.75) is 6.92 Å². The molecule has 0 spiro atoms. The summed E-state index contributed by atoms with van der Waals surface area (Å²) in [5, 5.41) is 2.48. The molecule has 0 aliphatic heterocycles. The lowest BCUT2D eigenvalue weighted by Crippen LogP contribution is -1.79. The van der Waals surface area contributed by atoms with Gasteiger partial charge >= 0.3 is 0 Å². The first-order chi connectivity index (χ1) is 5.25. The van der Waals surface area contributed by atoms with Crippen LogP contribution in [0.4, 0.5) is 0 Å². The van der Waals surface area contributed by atoms with E-state index in [1.54, 1.807) is 6.92 Å². The van der Waals surface area contributed by atoms with E-state index < -0.39 is 0 Å². The molecule has 0 atom stereocenters. The number of halogens is 1. The van der Waals surface area contributed by atoms with Gasteiger partial charge in [-0.3, -0.25) is 4.79 Å². The Balaban J connectivity index is 3.02. The minimum Gasteiger partial charge on any atom is -0.298 e. The second kappa shape index (κ2) is 3.69. The number of aldehydes is 1. The minimum absolute atomic E-state index is 0.551. The van der Waals surface area contributed by atoms with Gasteiger partial charge in [-0.05, 0) is 18.4 Å². The third-order valence-electron chi connectivity index (χ3n) is 1.26. The van der Waals surface area contributed by atoms with Gasteiger partial charge < -0.3 is 0 Å². The molecule has 0 aromatic carbocycles. The average molecular weight is 187 g/mol. The predicted octanol–water partition coefficient (Wildman–Crippen LogP) is 2.92. The van der Waals surface area contributed by atoms with Crippen LogP contribution in [0.1, 0.15) is 11.8 Å². The maximum atomic E-state index is 10.3. The number of thiophene rings is 1. The Labute approximate surface area is 74.3 Å². The standard InChI is InChI=1S/C8H7ClOS/c1-6(5-10)8(9)7-3-2-4-11-7/h2-5H,1H3. The Kier molecular flexibility index (Phi) is 2.85. The summed E-state index contributed by atoms with van der Waals surface area (Å²) >= 11 is 7.38. The zero-order valence-electron chi connectivity index (χ0n) is 6.00. The van der Waals surface area contributed by atoms with Gasteiger partial charge in [-0.1, -0.05) is 17.7 Å². The highest BCUT2D eigenvalue weighted by molar-refractivity contribution is 7.12. The van der Waals surface area contributed by atoms with E-state index in [0.717, 1.165) is 11.2 Å². The fourth-order valence-electron chi connectivity index (χ4n) is 0.650. The molecule has 11 heavy (non-hydrogen) atoms. The van der Waals surface area contributed by atoms with Gasteiger partial charge in [-0.2, -0.15) is 0 Å². The van der Waals surface area contributed by atoms with Crippen LogP contribution in [0.2, 0.25) is 0 Å². The van der Waals surface area contributed by atoms with Crippen LogP contribution in [0.15, 0.2) is 23.1 Å². The molecule has 0 aliphatic rings. The normalized spacial score (nSPS) is 12.5. The number of carbonyl (C=O) groups excluding carboxylic acids is 1. The average Bonchev–Trinajstić information content (AvgIpc) is 2.53. The van der Waals surface area contributed by atoms with Crippen LogP contribution < -0.4 is 0 Å². The molecule has 1 heterocycles. The Morgan fingerprint density at radius 3 is 2.91 bits per heavy atom. The Morgan fingerprint density at radius 2 is 2.45 bits per heavy atom. The van der Waals surface area contributed by atoms with Gasteiger partial charge in [-0.25, -0.2) is 0 Å².